The first kappa shape index (κ1) is 33.0. The zero-order chi connectivity index (χ0) is 32.3. The largest absolute Gasteiger partial charge is 0.494 e. The summed E-state index contributed by atoms with van der Waals surface area (Å²) in [6.07, 6.45) is 8.96. The lowest BCUT2D eigenvalue weighted by Gasteiger charge is -2.36. The van der Waals surface area contributed by atoms with Crippen molar-refractivity contribution in [1.82, 2.24) is 14.8 Å². The van der Waals surface area contributed by atoms with Crippen molar-refractivity contribution in [2.24, 2.45) is 0 Å². The van der Waals surface area contributed by atoms with Gasteiger partial charge in [-0.3, -0.25) is 14.7 Å². The van der Waals surface area contributed by atoms with Crippen molar-refractivity contribution in [3.8, 4) is 5.75 Å². The van der Waals surface area contributed by atoms with Crippen molar-refractivity contribution in [3.63, 3.8) is 0 Å². The molecule has 7 heteroatoms. The van der Waals surface area contributed by atoms with Gasteiger partial charge in [-0.05, 0) is 92.2 Å². The van der Waals surface area contributed by atoms with Gasteiger partial charge in [-0.15, -0.1) is 0 Å². The first-order valence-corrected chi connectivity index (χ1v) is 17.7. The monoisotopic (exact) mass is 634 g/mol. The number of nitrogens with zero attached hydrogens (tertiary/aromatic N) is 4. The number of carbonyl (C=O) groups is 1. The highest BCUT2D eigenvalue weighted by Gasteiger charge is 2.20. The van der Waals surface area contributed by atoms with E-state index in [2.05, 4.69) is 87.5 Å². The molecule has 4 aromatic rings. The second kappa shape index (κ2) is 16.8. The van der Waals surface area contributed by atoms with Crippen LogP contribution in [0.15, 0.2) is 78.9 Å². The molecule has 47 heavy (non-hydrogen) atoms. The maximum atomic E-state index is 11.2. The molecule has 248 valence electrons. The van der Waals surface area contributed by atoms with Gasteiger partial charge in [0.2, 0.25) is 0 Å². The number of likely N-dealkylation sites (tertiary alicyclic amines) is 1. The Morgan fingerprint density at radius 3 is 2.21 bits per heavy atom. The van der Waals surface area contributed by atoms with Crippen molar-refractivity contribution in [1.29, 1.82) is 0 Å². The van der Waals surface area contributed by atoms with E-state index in [1.165, 1.54) is 55.5 Å². The maximum Gasteiger partial charge on any atom is 0.303 e. The molecule has 2 fully saturated rings. The van der Waals surface area contributed by atoms with Crippen LogP contribution in [0.5, 0.6) is 5.75 Å². The lowest BCUT2D eigenvalue weighted by Crippen LogP contribution is -2.47. The molecule has 3 heterocycles. The van der Waals surface area contributed by atoms with Crippen LogP contribution in [0.1, 0.15) is 60.9 Å². The molecule has 0 spiro atoms. The third-order valence-electron chi connectivity index (χ3n) is 9.67. The highest BCUT2D eigenvalue weighted by molar-refractivity contribution is 5.92. The molecule has 2 saturated heterocycles. The van der Waals surface area contributed by atoms with E-state index >= 15 is 0 Å². The molecule has 2 aliphatic heterocycles. The van der Waals surface area contributed by atoms with Crippen molar-refractivity contribution in [2.75, 3.05) is 63.9 Å². The van der Waals surface area contributed by atoms with E-state index in [1.54, 1.807) is 0 Å². The summed E-state index contributed by atoms with van der Waals surface area (Å²) >= 11 is 0. The van der Waals surface area contributed by atoms with Crippen LogP contribution in [0.2, 0.25) is 0 Å². The number of carboxylic acid groups (broad SMARTS) is 1. The standard InChI is InChI=1S/C40H50N4O3/c45-39(46)18-15-36-14-13-35-30-34(29-33-9-4-3-5-10-33)31-38(40(35)41-36)44-26-24-43(25-27-44)23-19-32-11-16-37(17-12-32)47-28-8-22-42-20-6-1-2-7-21-42/h3-5,9-14,16-17,30-31H,1-2,6-8,15,18-29H2,(H,45,46). The van der Waals surface area contributed by atoms with Crippen LogP contribution in [0.3, 0.4) is 0 Å². The van der Waals surface area contributed by atoms with Gasteiger partial charge in [0.15, 0.2) is 0 Å². The molecule has 0 aliphatic carbocycles. The predicted molar refractivity (Wildman–Crippen MR) is 191 cm³/mol. The zero-order valence-electron chi connectivity index (χ0n) is 27.8. The number of fused-ring (bicyclic) bond motifs is 1. The number of piperazine rings is 1. The van der Waals surface area contributed by atoms with E-state index in [0.717, 1.165) is 93.2 Å². The zero-order valence-corrected chi connectivity index (χ0v) is 27.8. The highest BCUT2D eigenvalue weighted by atomic mass is 16.5. The lowest BCUT2D eigenvalue weighted by atomic mass is 10.0. The molecule has 0 saturated carbocycles. The Hall–Kier alpha value is -3.94. The first-order chi connectivity index (χ1) is 23.1. The lowest BCUT2D eigenvalue weighted by molar-refractivity contribution is -0.136. The molecule has 0 unspecified atom stereocenters. The average molecular weight is 635 g/mol. The quantitative estimate of drug-likeness (QED) is 0.152. The van der Waals surface area contributed by atoms with Crippen LogP contribution in [0.4, 0.5) is 5.69 Å². The number of carboxylic acids is 1. The van der Waals surface area contributed by atoms with Crippen LogP contribution >= 0.6 is 0 Å². The normalized spacial score (nSPS) is 16.3. The number of rotatable bonds is 14. The molecule has 1 aromatic heterocycles. The van der Waals surface area contributed by atoms with Crippen LogP contribution < -0.4 is 9.64 Å². The van der Waals surface area contributed by atoms with Crippen LogP contribution in [0.25, 0.3) is 10.9 Å². The number of aryl methyl sites for hydroxylation is 1. The van der Waals surface area contributed by atoms with Gasteiger partial charge in [-0.25, -0.2) is 0 Å². The molecular formula is C40H50N4O3. The molecule has 0 bridgehead atoms. The number of hydrogen-bond donors (Lipinski definition) is 1. The average Bonchev–Trinajstić information content (AvgIpc) is 3.38. The van der Waals surface area contributed by atoms with Crippen LogP contribution in [-0.2, 0) is 24.1 Å². The summed E-state index contributed by atoms with van der Waals surface area (Å²) in [6.45, 7) is 9.34. The second-order valence-corrected chi connectivity index (χ2v) is 13.2. The minimum Gasteiger partial charge on any atom is -0.494 e. The van der Waals surface area contributed by atoms with Crippen molar-refractivity contribution in [2.45, 2.75) is 57.8 Å². The molecule has 6 rings (SSSR count). The fourth-order valence-electron chi connectivity index (χ4n) is 6.96. The van der Waals surface area contributed by atoms with Gasteiger partial charge in [-0.2, -0.15) is 0 Å². The molecule has 2 aliphatic rings. The predicted octanol–water partition coefficient (Wildman–Crippen LogP) is 6.85. The number of ether oxygens (including phenoxy) is 1. The van der Waals surface area contributed by atoms with Gasteiger partial charge in [0.25, 0.3) is 0 Å². The Balaban J connectivity index is 1.02. The Bertz CT molecular complexity index is 1560. The number of aromatic nitrogens is 1. The van der Waals surface area contributed by atoms with E-state index in [9.17, 15) is 9.90 Å². The third kappa shape index (κ3) is 9.78. The molecule has 0 atom stereocenters. The van der Waals surface area contributed by atoms with E-state index in [-0.39, 0.29) is 6.42 Å². The Morgan fingerprint density at radius 2 is 1.47 bits per heavy atom. The van der Waals surface area contributed by atoms with E-state index < -0.39 is 5.97 Å². The summed E-state index contributed by atoms with van der Waals surface area (Å²) in [5.74, 6) is 0.180. The molecule has 3 aromatic carbocycles. The Morgan fingerprint density at radius 1 is 0.723 bits per heavy atom. The van der Waals surface area contributed by atoms with Crippen molar-refractivity contribution in [3.05, 3.63) is 101 Å². The summed E-state index contributed by atoms with van der Waals surface area (Å²) in [5, 5.41) is 10.3. The molecule has 7 nitrogen and oxygen atoms in total. The Kier molecular flexibility index (Phi) is 11.8. The van der Waals surface area contributed by atoms with Gasteiger partial charge in [-0.1, -0.05) is 61.4 Å². The first-order valence-electron chi connectivity index (χ1n) is 17.7. The highest BCUT2D eigenvalue weighted by Crippen LogP contribution is 2.30. The van der Waals surface area contributed by atoms with Gasteiger partial charge in [0.1, 0.15) is 5.75 Å². The second-order valence-electron chi connectivity index (χ2n) is 13.2. The molecule has 0 radical (unpaired) electrons. The van der Waals surface area contributed by atoms with Gasteiger partial charge < -0.3 is 19.6 Å². The molecule has 1 N–H and O–H groups in total. The third-order valence-corrected chi connectivity index (χ3v) is 9.67. The maximum absolute atomic E-state index is 11.2. The van der Waals surface area contributed by atoms with Gasteiger partial charge >= 0.3 is 5.97 Å². The van der Waals surface area contributed by atoms with Gasteiger partial charge in [0, 0.05) is 56.8 Å². The van der Waals surface area contributed by atoms with Gasteiger partial charge in [0.05, 0.1) is 24.2 Å². The van der Waals surface area contributed by atoms with Crippen molar-refractivity contribution < 1.29 is 14.6 Å². The summed E-state index contributed by atoms with van der Waals surface area (Å²) in [5.41, 5.74) is 6.87. The fraction of sp³-hybridized carbons (Fsp3) is 0.450. The smallest absolute Gasteiger partial charge is 0.303 e. The fourth-order valence-corrected chi connectivity index (χ4v) is 6.96. The summed E-state index contributed by atoms with van der Waals surface area (Å²) in [6, 6.07) is 27.9. The van der Waals surface area contributed by atoms with E-state index in [1.807, 2.05) is 6.07 Å². The van der Waals surface area contributed by atoms with E-state index in [4.69, 9.17) is 9.72 Å². The number of benzene rings is 3. The van der Waals surface area contributed by atoms with Crippen LogP contribution in [0, 0.1) is 0 Å². The molecule has 0 amide bonds. The number of hydrogen-bond acceptors (Lipinski definition) is 6. The summed E-state index contributed by atoms with van der Waals surface area (Å²) < 4.78 is 6.06. The number of pyridine rings is 1. The van der Waals surface area contributed by atoms with Crippen LogP contribution in [-0.4, -0.2) is 84.8 Å². The minimum atomic E-state index is -0.792. The minimum absolute atomic E-state index is 0.0905. The number of aliphatic carboxylic acids is 1. The summed E-state index contributed by atoms with van der Waals surface area (Å²) in [4.78, 5) is 23.8. The van der Waals surface area contributed by atoms with E-state index in [0.29, 0.717) is 6.42 Å². The molecular weight excluding hydrogens is 584 g/mol. The SMILES string of the molecule is O=C(O)CCc1ccc2cc(Cc3ccccc3)cc(N3CCN(CCc4ccc(OCCCN5CCCCCC5)cc4)CC3)c2n1. The topological polar surface area (TPSA) is 69.1 Å². The Labute approximate surface area is 280 Å². The summed E-state index contributed by atoms with van der Waals surface area (Å²) in [7, 11) is 0. The number of anilines is 1. The van der Waals surface area contributed by atoms with Crippen molar-refractivity contribution >= 4 is 22.6 Å².